The Bertz CT molecular complexity index is 1340. The first-order valence-electron chi connectivity index (χ1n) is 8.69. The van der Waals surface area contributed by atoms with Crippen molar-refractivity contribution in [1.82, 2.24) is 19.7 Å². The van der Waals surface area contributed by atoms with Gasteiger partial charge in [-0.25, -0.2) is 9.97 Å². The minimum Gasteiger partial charge on any atom is -0.463 e. The van der Waals surface area contributed by atoms with E-state index in [1.165, 1.54) is 6.20 Å². The van der Waals surface area contributed by atoms with Gasteiger partial charge in [-0.2, -0.15) is 5.10 Å². The number of hydrogen-bond donors (Lipinski definition) is 1. The van der Waals surface area contributed by atoms with Gasteiger partial charge in [-0.15, -0.1) is 0 Å². The number of pyridine rings is 2. The maximum Gasteiger partial charge on any atom is 0.275 e. The average Bonchev–Trinajstić information content (AvgIpc) is 3.35. The van der Waals surface area contributed by atoms with Gasteiger partial charge in [0.1, 0.15) is 11.5 Å². The Hall–Kier alpha value is -4.00. The molecule has 0 saturated carbocycles. The van der Waals surface area contributed by atoms with E-state index in [4.69, 9.17) is 4.42 Å². The van der Waals surface area contributed by atoms with Crippen LogP contribution in [0.25, 0.3) is 32.9 Å². The van der Waals surface area contributed by atoms with Gasteiger partial charge in [0.25, 0.3) is 5.91 Å². The zero-order valence-corrected chi connectivity index (χ0v) is 15.0. The van der Waals surface area contributed by atoms with Crippen molar-refractivity contribution in [2.45, 2.75) is 0 Å². The Labute approximate surface area is 159 Å². The van der Waals surface area contributed by atoms with Crippen LogP contribution in [-0.4, -0.2) is 25.7 Å². The van der Waals surface area contributed by atoms with Gasteiger partial charge in [0.15, 0.2) is 5.58 Å². The highest BCUT2D eigenvalue weighted by Gasteiger charge is 2.11. The Kier molecular flexibility index (Phi) is 3.65. The number of rotatable bonds is 3. The number of benzene rings is 1. The smallest absolute Gasteiger partial charge is 0.275 e. The molecule has 0 bridgehead atoms. The van der Waals surface area contributed by atoms with Gasteiger partial charge in [-0.1, -0.05) is 12.1 Å². The number of carbonyl (C=O) groups is 1. The van der Waals surface area contributed by atoms with Crippen molar-refractivity contribution >= 4 is 33.5 Å². The number of furan rings is 1. The lowest BCUT2D eigenvalue weighted by molar-refractivity contribution is 0.102. The van der Waals surface area contributed by atoms with Crippen LogP contribution in [0.3, 0.4) is 0 Å². The molecular formula is C21H15N5O2. The lowest BCUT2D eigenvalue weighted by Crippen LogP contribution is -2.14. The summed E-state index contributed by atoms with van der Waals surface area (Å²) in [5.74, 6) is 0.147. The van der Waals surface area contributed by atoms with Crippen molar-refractivity contribution in [3.05, 3.63) is 73.1 Å². The molecule has 0 radical (unpaired) electrons. The molecule has 1 N–H and O–H groups in total. The predicted molar refractivity (Wildman–Crippen MR) is 106 cm³/mol. The molecule has 136 valence electrons. The fourth-order valence-corrected chi connectivity index (χ4v) is 3.13. The Morgan fingerprint density at radius 1 is 0.964 bits per heavy atom. The highest BCUT2D eigenvalue weighted by Crippen LogP contribution is 2.25. The number of fused-ring (bicyclic) bond motifs is 2. The van der Waals surface area contributed by atoms with Gasteiger partial charge in [-0.3, -0.25) is 9.48 Å². The molecule has 1 aromatic carbocycles. The third kappa shape index (κ3) is 2.88. The molecule has 0 aliphatic rings. The molecule has 0 spiro atoms. The summed E-state index contributed by atoms with van der Waals surface area (Å²) in [5.41, 5.74) is 3.03. The molecule has 7 heteroatoms. The maximum atomic E-state index is 12.6. The monoisotopic (exact) mass is 369 g/mol. The summed E-state index contributed by atoms with van der Waals surface area (Å²) in [6.45, 7) is 0. The van der Waals surface area contributed by atoms with Crippen molar-refractivity contribution in [2.24, 2.45) is 7.05 Å². The van der Waals surface area contributed by atoms with Gasteiger partial charge in [0.05, 0.1) is 18.7 Å². The van der Waals surface area contributed by atoms with Crippen LogP contribution in [0.4, 0.5) is 5.82 Å². The second-order valence-electron chi connectivity index (χ2n) is 6.52. The first-order valence-corrected chi connectivity index (χ1v) is 8.69. The number of nitrogens with one attached hydrogen (secondary N) is 1. The van der Waals surface area contributed by atoms with Gasteiger partial charge in [0, 0.05) is 35.8 Å². The molecule has 7 nitrogen and oxygen atoms in total. The molecule has 0 saturated heterocycles. The summed E-state index contributed by atoms with van der Waals surface area (Å²) < 4.78 is 7.02. The van der Waals surface area contributed by atoms with Crippen LogP contribution < -0.4 is 5.32 Å². The molecular weight excluding hydrogens is 354 g/mol. The van der Waals surface area contributed by atoms with Crippen molar-refractivity contribution in [1.29, 1.82) is 0 Å². The van der Waals surface area contributed by atoms with Crippen LogP contribution in [0.15, 0.2) is 71.9 Å². The molecule has 28 heavy (non-hydrogen) atoms. The largest absolute Gasteiger partial charge is 0.463 e. The third-order valence-electron chi connectivity index (χ3n) is 4.57. The minimum absolute atomic E-state index is 0.305. The first-order chi connectivity index (χ1) is 13.7. The number of nitrogens with zero attached hydrogens (tertiary/aromatic N) is 4. The van der Waals surface area contributed by atoms with Crippen molar-refractivity contribution < 1.29 is 9.21 Å². The third-order valence-corrected chi connectivity index (χ3v) is 4.57. The molecule has 0 unspecified atom stereocenters. The summed E-state index contributed by atoms with van der Waals surface area (Å²) in [6, 6.07) is 11.4. The molecule has 0 aliphatic carbocycles. The summed E-state index contributed by atoms with van der Waals surface area (Å²) in [6.07, 6.45) is 8.63. The van der Waals surface area contributed by atoms with Crippen molar-refractivity contribution in [2.75, 3.05) is 5.32 Å². The van der Waals surface area contributed by atoms with Gasteiger partial charge >= 0.3 is 0 Å². The summed E-state index contributed by atoms with van der Waals surface area (Å²) in [4.78, 5) is 21.0. The van der Waals surface area contributed by atoms with E-state index in [1.54, 1.807) is 29.3 Å². The van der Waals surface area contributed by atoms with Crippen molar-refractivity contribution in [3.8, 4) is 11.1 Å². The van der Waals surface area contributed by atoms with Crippen LogP contribution in [0.2, 0.25) is 0 Å². The molecule has 0 atom stereocenters. The van der Waals surface area contributed by atoms with E-state index in [2.05, 4.69) is 26.4 Å². The van der Waals surface area contributed by atoms with Crippen LogP contribution in [0.1, 0.15) is 10.5 Å². The van der Waals surface area contributed by atoms with E-state index in [1.807, 2.05) is 37.6 Å². The van der Waals surface area contributed by atoms with E-state index in [9.17, 15) is 4.79 Å². The molecule has 0 aliphatic heterocycles. The van der Waals surface area contributed by atoms with E-state index >= 15 is 0 Å². The molecule has 4 aromatic heterocycles. The molecule has 1 amide bonds. The average molecular weight is 369 g/mol. The zero-order chi connectivity index (χ0) is 19.1. The molecule has 5 rings (SSSR count). The number of anilines is 1. The van der Waals surface area contributed by atoms with Crippen LogP contribution in [-0.2, 0) is 7.05 Å². The fraction of sp³-hybridized carbons (Fsp3) is 0.0476. The number of aromatic nitrogens is 4. The second-order valence-corrected chi connectivity index (χ2v) is 6.52. The van der Waals surface area contributed by atoms with Gasteiger partial charge in [-0.05, 0) is 35.2 Å². The molecule has 4 heterocycles. The lowest BCUT2D eigenvalue weighted by atomic mass is 10.1. The maximum absolute atomic E-state index is 12.6. The van der Waals surface area contributed by atoms with E-state index in [0.29, 0.717) is 17.1 Å². The lowest BCUT2D eigenvalue weighted by Gasteiger charge is -2.06. The number of aryl methyl sites for hydroxylation is 1. The van der Waals surface area contributed by atoms with Crippen LogP contribution in [0.5, 0.6) is 0 Å². The van der Waals surface area contributed by atoms with Crippen molar-refractivity contribution in [3.63, 3.8) is 0 Å². The highest BCUT2D eigenvalue weighted by atomic mass is 16.3. The number of carbonyl (C=O) groups excluding carboxylic acids is 1. The molecule has 5 aromatic rings. The summed E-state index contributed by atoms with van der Waals surface area (Å²) >= 11 is 0. The summed E-state index contributed by atoms with van der Waals surface area (Å²) in [7, 11) is 1.89. The predicted octanol–water partition coefficient (Wildman–Crippen LogP) is 4.03. The fourth-order valence-electron chi connectivity index (χ4n) is 3.13. The SMILES string of the molecule is Cn1cc(-c2ccc3cnc(NC(=O)c4cc5ccoc5cn4)cc3c2)cn1. The number of hydrogen-bond acceptors (Lipinski definition) is 5. The first kappa shape index (κ1) is 16.2. The Morgan fingerprint density at radius 2 is 1.89 bits per heavy atom. The van der Waals surface area contributed by atoms with Crippen LogP contribution >= 0.6 is 0 Å². The van der Waals surface area contributed by atoms with E-state index in [0.717, 1.165) is 27.3 Å². The number of amides is 1. The highest BCUT2D eigenvalue weighted by molar-refractivity contribution is 6.04. The zero-order valence-electron chi connectivity index (χ0n) is 15.0. The van der Waals surface area contributed by atoms with Crippen LogP contribution in [0, 0.1) is 0 Å². The normalized spacial score (nSPS) is 11.2. The van der Waals surface area contributed by atoms with Gasteiger partial charge in [0.2, 0.25) is 0 Å². The molecule has 0 fully saturated rings. The van der Waals surface area contributed by atoms with Gasteiger partial charge < -0.3 is 9.73 Å². The topological polar surface area (TPSA) is 85.8 Å². The van der Waals surface area contributed by atoms with E-state index < -0.39 is 0 Å². The standard InChI is InChI=1S/C21H15N5O2/c1-26-12-17(10-24-26)13-2-3-15-9-23-20(8-16(15)6-13)25-21(27)18-7-14-4-5-28-19(14)11-22-18/h2-12H,1H3,(H,23,25,27). The quantitative estimate of drug-likeness (QED) is 0.519. The Balaban J connectivity index is 1.45. The Morgan fingerprint density at radius 3 is 2.75 bits per heavy atom. The second kappa shape index (κ2) is 6.31. The van der Waals surface area contributed by atoms with E-state index in [-0.39, 0.29) is 5.91 Å². The minimum atomic E-state index is -0.321. The summed E-state index contributed by atoms with van der Waals surface area (Å²) in [5, 5.41) is 9.82.